The highest BCUT2D eigenvalue weighted by molar-refractivity contribution is 7.80. The Labute approximate surface area is 177 Å². The summed E-state index contributed by atoms with van der Waals surface area (Å²) in [5.41, 5.74) is 12.6. The number of imidazole rings is 1. The van der Waals surface area contributed by atoms with Crippen LogP contribution in [-0.2, 0) is 13.0 Å². The molecule has 0 spiro atoms. The van der Waals surface area contributed by atoms with Crippen molar-refractivity contribution >= 4 is 23.2 Å². The zero-order valence-corrected chi connectivity index (χ0v) is 18.1. The molecule has 5 nitrogen and oxygen atoms in total. The van der Waals surface area contributed by atoms with Gasteiger partial charge < -0.3 is 15.0 Å². The van der Waals surface area contributed by atoms with Crippen LogP contribution in [0.1, 0.15) is 33.5 Å². The third kappa shape index (κ3) is 5.29. The largest absolute Gasteiger partial charge is 0.430 e. The Balaban J connectivity index is 1.69. The van der Waals surface area contributed by atoms with E-state index in [4.69, 9.17) is 22.7 Å². The molecular weight excluding hydrogens is 380 g/mol. The molecule has 2 N–H and O–H groups in total. The highest BCUT2D eigenvalue weighted by atomic mass is 32.1. The van der Waals surface area contributed by atoms with Crippen LogP contribution in [0.25, 0.3) is 0 Å². The number of hydrogen-bond acceptors (Lipinski definition) is 3. The Morgan fingerprint density at radius 2 is 1.83 bits per heavy atom. The standard InChI is InChI=1S/C23H26N4OS/c1-15-5-7-19(8-6-15)22(24)26-23(29)28-21-12-16(2)20(11-17(21)3)9-10-27-14-25-13-18(27)4/h5-8,11-14H,9-10H2,1-4H3,(H2,24,26,29). The average Bonchev–Trinajstić information content (AvgIpc) is 3.08. The Morgan fingerprint density at radius 1 is 1.10 bits per heavy atom. The monoisotopic (exact) mass is 406 g/mol. The highest BCUT2D eigenvalue weighted by Gasteiger charge is 2.09. The van der Waals surface area contributed by atoms with Crippen molar-refractivity contribution in [1.29, 1.82) is 0 Å². The third-order valence-corrected chi connectivity index (χ3v) is 5.11. The SMILES string of the molecule is Cc1ccc(C(N)=NC(=S)Oc2cc(C)c(CCn3cncc3C)cc2C)cc1. The van der Waals surface area contributed by atoms with Gasteiger partial charge in [-0.1, -0.05) is 35.9 Å². The Bertz CT molecular complexity index is 1050. The van der Waals surface area contributed by atoms with Crippen molar-refractivity contribution < 1.29 is 4.74 Å². The molecule has 0 unspecified atom stereocenters. The summed E-state index contributed by atoms with van der Waals surface area (Å²) in [6, 6.07) is 12.0. The van der Waals surface area contributed by atoms with Gasteiger partial charge in [-0.3, -0.25) is 0 Å². The molecule has 0 saturated carbocycles. The van der Waals surface area contributed by atoms with Gasteiger partial charge in [-0.05, 0) is 69.1 Å². The number of rotatable bonds is 5. The third-order valence-electron chi connectivity index (χ3n) is 4.93. The molecule has 150 valence electrons. The van der Waals surface area contributed by atoms with Crippen molar-refractivity contribution in [1.82, 2.24) is 9.55 Å². The molecule has 6 heteroatoms. The summed E-state index contributed by atoms with van der Waals surface area (Å²) in [7, 11) is 0. The summed E-state index contributed by atoms with van der Waals surface area (Å²) in [5.74, 6) is 1.05. The van der Waals surface area contributed by atoms with Gasteiger partial charge in [0.1, 0.15) is 11.6 Å². The van der Waals surface area contributed by atoms with E-state index >= 15 is 0 Å². The predicted octanol–water partition coefficient (Wildman–Crippen LogP) is 4.43. The van der Waals surface area contributed by atoms with Gasteiger partial charge in [-0.25, -0.2) is 4.98 Å². The maximum Gasteiger partial charge on any atom is 0.290 e. The molecule has 0 bridgehead atoms. The topological polar surface area (TPSA) is 65.4 Å². The average molecular weight is 407 g/mol. The molecule has 0 amide bonds. The fraction of sp³-hybridized carbons (Fsp3) is 0.261. The number of nitrogens with two attached hydrogens (primary N) is 1. The van der Waals surface area contributed by atoms with Gasteiger partial charge in [0.15, 0.2) is 0 Å². The lowest BCUT2D eigenvalue weighted by Gasteiger charge is -2.13. The first-order valence-corrected chi connectivity index (χ1v) is 9.94. The Kier molecular flexibility index (Phi) is 6.44. The zero-order valence-electron chi connectivity index (χ0n) is 17.3. The number of aromatic nitrogens is 2. The minimum absolute atomic E-state index is 0.104. The van der Waals surface area contributed by atoms with Crippen LogP contribution in [0.5, 0.6) is 5.75 Å². The number of nitrogens with zero attached hydrogens (tertiary/aromatic N) is 3. The predicted molar refractivity (Wildman–Crippen MR) is 122 cm³/mol. The Morgan fingerprint density at radius 3 is 2.48 bits per heavy atom. The van der Waals surface area contributed by atoms with Gasteiger partial charge in [0.05, 0.1) is 6.33 Å². The lowest BCUT2D eigenvalue weighted by Crippen LogP contribution is -2.17. The molecule has 1 aromatic heterocycles. The molecular formula is C23H26N4OS. The van der Waals surface area contributed by atoms with Crippen LogP contribution in [0, 0.1) is 27.7 Å². The van der Waals surface area contributed by atoms with Crippen LogP contribution < -0.4 is 10.5 Å². The van der Waals surface area contributed by atoms with E-state index in [9.17, 15) is 0 Å². The maximum absolute atomic E-state index is 6.06. The summed E-state index contributed by atoms with van der Waals surface area (Å²) in [5, 5.41) is 0.104. The van der Waals surface area contributed by atoms with E-state index in [1.165, 1.54) is 5.56 Å². The Hall–Kier alpha value is -2.99. The second-order valence-electron chi connectivity index (χ2n) is 7.25. The number of amidine groups is 1. The van der Waals surface area contributed by atoms with Gasteiger partial charge in [0.25, 0.3) is 5.17 Å². The van der Waals surface area contributed by atoms with E-state index in [1.807, 2.05) is 56.7 Å². The van der Waals surface area contributed by atoms with E-state index in [0.29, 0.717) is 11.6 Å². The maximum atomic E-state index is 6.06. The van der Waals surface area contributed by atoms with Crippen molar-refractivity contribution in [2.75, 3.05) is 0 Å². The first-order chi connectivity index (χ1) is 13.8. The molecule has 3 aromatic rings. The smallest absolute Gasteiger partial charge is 0.290 e. The number of hydrogen-bond donors (Lipinski definition) is 1. The molecule has 0 aliphatic carbocycles. The fourth-order valence-electron chi connectivity index (χ4n) is 3.09. The van der Waals surface area contributed by atoms with E-state index < -0.39 is 0 Å². The van der Waals surface area contributed by atoms with Crippen molar-refractivity contribution in [3.05, 3.63) is 82.4 Å². The number of aryl methyl sites for hydroxylation is 6. The minimum Gasteiger partial charge on any atom is -0.430 e. The molecule has 29 heavy (non-hydrogen) atoms. The molecule has 0 aliphatic rings. The van der Waals surface area contributed by atoms with E-state index in [1.54, 1.807) is 0 Å². The number of aliphatic imine (C=N–C) groups is 1. The number of benzene rings is 2. The van der Waals surface area contributed by atoms with Gasteiger partial charge in [-0.2, -0.15) is 4.99 Å². The van der Waals surface area contributed by atoms with Gasteiger partial charge in [0, 0.05) is 24.0 Å². The quantitative estimate of drug-likeness (QED) is 0.387. The van der Waals surface area contributed by atoms with Crippen LogP contribution in [0.15, 0.2) is 53.9 Å². The van der Waals surface area contributed by atoms with Gasteiger partial charge in [-0.15, -0.1) is 0 Å². The fourth-order valence-corrected chi connectivity index (χ4v) is 3.28. The van der Waals surface area contributed by atoms with Crippen molar-refractivity contribution in [2.45, 2.75) is 40.7 Å². The summed E-state index contributed by atoms with van der Waals surface area (Å²) in [4.78, 5) is 8.41. The summed E-state index contributed by atoms with van der Waals surface area (Å²) >= 11 is 5.29. The molecule has 0 radical (unpaired) electrons. The first-order valence-electron chi connectivity index (χ1n) is 9.53. The van der Waals surface area contributed by atoms with Crippen LogP contribution in [0.3, 0.4) is 0 Å². The minimum atomic E-state index is 0.104. The lowest BCUT2D eigenvalue weighted by molar-refractivity contribution is 0.551. The van der Waals surface area contributed by atoms with Crippen LogP contribution in [0.4, 0.5) is 0 Å². The van der Waals surface area contributed by atoms with Crippen LogP contribution in [-0.4, -0.2) is 20.6 Å². The summed E-state index contributed by atoms with van der Waals surface area (Å²) in [6.07, 6.45) is 4.66. The lowest BCUT2D eigenvalue weighted by atomic mass is 10.0. The highest BCUT2D eigenvalue weighted by Crippen LogP contribution is 2.24. The second-order valence-corrected chi connectivity index (χ2v) is 7.60. The first kappa shape index (κ1) is 20.7. The molecule has 1 heterocycles. The van der Waals surface area contributed by atoms with Crippen molar-refractivity contribution in [3.63, 3.8) is 0 Å². The molecule has 0 aliphatic heterocycles. The van der Waals surface area contributed by atoms with Crippen LogP contribution in [0.2, 0.25) is 0 Å². The molecule has 2 aromatic carbocycles. The molecule has 3 rings (SSSR count). The molecule has 0 fully saturated rings. The second kappa shape index (κ2) is 9.01. The van der Waals surface area contributed by atoms with E-state index in [0.717, 1.165) is 40.9 Å². The molecule has 0 atom stereocenters. The zero-order chi connectivity index (χ0) is 21.0. The van der Waals surface area contributed by atoms with Crippen molar-refractivity contribution in [3.8, 4) is 5.75 Å². The summed E-state index contributed by atoms with van der Waals surface area (Å²) < 4.78 is 7.96. The normalized spacial score (nSPS) is 11.5. The van der Waals surface area contributed by atoms with E-state index in [-0.39, 0.29) is 5.17 Å². The molecule has 0 saturated heterocycles. The summed E-state index contributed by atoms with van der Waals surface area (Å²) in [6.45, 7) is 9.07. The van der Waals surface area contributed by atoms with E-state index in [2.05, 4.69) is 34.5 Å². The van der Waals surface area contributed by atoms with Gasteiger partial charge >= 0.3 is 0 Å². The van der Waals surface area contributed by atoms with Crippen molar-refractivity contribution in [2.24, 2.45) is 10.7 Å². The van der Waals surface area contributed by atoms with Gasteiger partial charge in [0.2, 0.25) is 0 Å². The van der Waals surface area contributed by atoms with Crippen LogP contribution >= 0.6 is 12.2 Å². The number of thiocarbonyl (C=S) groups is 1. The number of ether oxygens (including phenoxy) is 1.